The third kappa shape index (κ3) is 4.25. The molecule has 1 heterocycles. The van der Waals surface area contributed by atoms with E-state index in [1.54, 1.807) is 42.5 Å². The summed E-state index contributed by atoms with van der Waals surface area (Å²) in [6.45, 7) is 1.50. The lowest BCUT2D eigenvalue weighted by Crippen LogP contribution is -2.30. The predicted molar refractivity (Wildman–Crippen MR) is 99.9 cm³/mol. The number of esters is 1. The van der Waals surface area contributed by atoms with Crippen molar-refractivity contribution in [2.75, 3.05) is 17.7 Å². The summed E-state index contributed by atoms with van der Waals surface area (Å²) in [6, 6.07) is 11.9. The summed E-state index contributed by atoms with van der Waals surface area (Å²) < 4.78 is 10.5. The Hall–Kier alpha value is -3.35. The Kier molecular flexibility index (Phi) is 5.40. The van der Waals surface area contributed by atoms with Crippen molar-refractivity contribution in [2.24, 2.45) is 0 Å². The zero-order valence-corrected chi connectivity index (χ0v) is 15.1. The molecule has 0 saturated carbocycles. The summed E-state index contributed by atoms with van der Waals surface area (Å²) in [5, 5.41) is 5.44. The lowest BCUT2D eigenvalue weighted by atomic mass is 10.0. The number of carbonyl (C=O) groups excluding carboxylic acids is 3. The highest BCUT2D eigenvalue weighted by Gasteiger charge is 2.22. The minimum atomic E-state index is -0.988. The first kappa shape index (κ1) is 18.4. The second kappa shape index (κ2) is 7.90. The fraction of sp³-hybridized carbons (Fsp3) is 0.250. The molecule has 0 fully saturated rings. The van der Waals surface area contributed by atoms with Crippen molar-refractivity contribution in [3.63, 3.8) is 0 Å². The van der Waals surface area contributed by atoms with Gasteiger partial charge in [0, 0.05) is 12.1 Å². The molecule has 0 unspecified atom stereocenters. The summed E-state index contributed by atoms with van der Waals surface area (Å²) in [7, 11) is 1.51. The molecule has 0 aliphatic carbocycles. The van der Waals surface area contributed by atoms with Crippen molar-refractivity contribution >= 4 is 29.2 Å². The van der Waals surface area contributed by atoms with Gasteiger partial charge in [-0.05, 0) is 49.2 Å². The number of anilines is 2. The SMILES string of the molecule is COc1ccccc1NC(=O)[C@H](C)OC(=O)c1ccc2c(c1)CCC(=O)N2. The maximum atomic E-state index is 12.4. The van der Waals surface area contributed by atoms with Gasteiger partial charge in [0.05, 0.1) is 18.4 Å². The average molecular weight is 368 g/mol. The highest BCUT2D eigenvalue weighted by atomic mass is 16.5. The van der Waals surface area contributed by atoms with Gasteiger partial charge in [0.25, 0.3) is 5.91 Å². The van der Waals surface area contributed by atoms with Crippen molar-refractivity contribution in [1.82, 2.24) is 0 Å². The number of nitrogens with one attached hydrogen (secondary N) is 2. The highest BCUT2D eigenvalue weighted by Crippen LogP contribution is 2.25. The smallest absolute Gasteiger partial charge is 0.338 e. The zero-order valence-electron chi connectivity index (χ0n) is 15.1. The maximum absolute atomic E-state index is 12.4. The number of rotatable bonds is 5. The first-order valence-electron chi connectivity index (χ1n) is 8.55. The summed E-state index contributed by atoms with van der Waals surface area (Å²) in [4.78, 5) is 36.1. The molecule has 0 bridgehead atoms. The van der Waals surface area contributed by atoms with Gasteiger partial charge in [0.15, 0.2) is 6.10 Å². The van der Waals surface area contributed by atoms with Crippen LogP contribution in [0.1, 0.15) is 29.3 Å². The molecule has 3 rings (SSSR count). The normalized spacial score (nSPS) is 13.8. The molecule has 0 saturated heterocycles. The number of para-hydroxylation sites is 2. The first-order chi connectivity index (χ1) is 13.0. The monoisotopic (exact) mass is 368 g/mol. The number of amides is 2. The second-order valence-corrected chi connectivity index (χ2v) is 6.16. The lowest BCUT2D eigenvalue weighted by molar-refractivity contribution is -0.123. The molecule has 1 aliphatic rings. The van der Waals surface area contributed by atoms with Gasteiger partial charge in [0.1, 0.15) is 5.75 Å². The zero-order chi connectivity index (χ0) is 19.4. The third-order valence-electron chi connectivity index (χ3n) is 4.25. The third-order valence-corrected chi connectivity index (χ3v) is 4.25. The Labute approximate surface area is 156 Å². The van der Waals surface area contributed by atoms with E-state index in [4.69, 9.17) is 9.47 Å². The van der Waals surface area contributed by atoms with E-state index in [1.165, 1.54) is 14.0 Å². The molecule has 2 N–H and O–H groups in total. The molecule has 0 spiro atoms. The van der Waals surface area contributed by atoms with E-state index in [2.05, 4.69) is 10.6 Å². The minimum absolute atomic E-state index is 0.0422. The van der Waals surface area contributed by atoms with E-state index in [0.717, 1.165) is 5.56 Å². The average Bonchev–Trinajstić information content (AvgIpc) is 2.67. The van der Waals surface area contributed by atoms with E-state index >= 15 is 0 Å². The Morgan fingerprint density at radius 2 is 1.93 bits per heavy atom. The molecule has 0 radical (unpaired) electrons. The summed E-state index contributed by atoms with van der Waals surface area (Å²) in [5.41, 5.74) is 2.40. The van der Waals surface area contributed by atoms with E-state index in [9.17, 15) is 14.4 Å². The summed E-state index contributed by atoms with van der Waals surface area (Å²) in [6.07, 6.45) is -0.0480. The number of benzene rings is 2. The molecule has 7 nitrogen and oxygen atoms in total. The molecule has 2 aromatic carbocycles. The van der Waals surface area contributed by atoms with Crippen LogP contribution in [0.5, 0.6) is 5.75 Å². The quantitative estimate of drug-likeness (QED) is 0.792. The molecule has 2 aromatic rings. The van der Waals surface area contributed by atoms with Gasteiger partial charge in [0.2, 0.25) is 5.91 Å². The van der Waals surface area contributed by atoms with Crippen LogP contribution in [0, 0.1) is 0 Å². The minimum Gasteiger partial charge on any atom is -0.495 e. The molecular weight excluding hydrogens is 348 g/mol. The van der Waals surface area contributed by atoms with Crippen LogP contribution in [-0.4, -0.2) is 31.0 Å². The fourth-order valence-electron chi connectivity index (χ4n) is 2.77. The van der Waals surface area contributed by atoms with Crippen LogP contribution in [0.3, 0.4) is 0 Å². The lowest BCUT2D eigenvalue weighted by Gasteiger charge is -2.18. The van der Waals surface area contributed by atoms with Gasteiger partial charge < -0.3 is 20.1 Å². The Balaban J connectivity index is 1.65. The van der Waals surface area contributed by atoms with Gasteiger partial charge in [-0.2, -0.15) is 0 Å². The van der Waals surface area contributed by atoms with Crippen molar-refractivity contribution < 1.29 is 23.9 Å². The van der Waals surface area contributed by atoms with E-state index in [1.807, 2.05) is 0 Å². The van der Waals surface area contributed by atoms with Crippen LogP contribution in [-0.2, 0) is 20.7 Å². The van der Waals surface area contributed by atoms with Crippen molar-refractivity contribution in [3.05, 3.63) is 53.6 Å². The van der Waals surface area contributed by atoms with Crippen LogP contribution in [0.25, 0.3) is 0 Å². The molecule has 1 aliphatic heterocycles. The van der Waals surface area contributed by atoms with Crippen LogP contribution in [0.4, 0.5) is 11.4 Å². The summed E-state index contributed by atoms with van der Waals surface area (Å²) in [5.74, 6) is -0.587. The number of fused-ring (bicyclic) bond motifs is 1. The maximum Gasteiger partial charge on any atom is 0.338 e. The van der Waals surface area contributed by atoms with E-state index in [-0.39, 0.29) is 5.91 Å². The Morgan fingerprint density at radius 3 is 2.70 bits per heavy atom. The van der Waals surface area contributed by atoms with Crippen LogP contribution in [0.2, 0.25) is 0 Å². The fourth-order valence-corrected chi connectivity index (χ4v) is 2.77. The molecule has 27 heavy (non-hydrogen) atoms. The number of hydrogen-bond donors (Lipinski definition) is 2. The second-order valence-electron chi connectivity index (χ2n) is 6.16. The van der Waals surface area contributed by atoms with Crippen molar-refractivity contribution in [2.45, 2.75) is 25.9 Å². The van der Waals surface area contributed by atoms with Gasteiger partial charge in [-0.25, -0.2) is 4.79 Å². The first-order valence-corrected chi connectivity index (χ1v) is 8.55. The van der Waals surface area contributed by atoms with Crippen molar-refractivity contribution in [1.29, 1.82) is 0 Å². The predicted octanol–water partition coefficient (Wildman–Crippen LogP) is 2.76. The van der Waals surface area contributed by atoms with E-state index < -0.39 is 18.0 Å². The molecule has 140 valence electrons. The van der Waals surface area contributed by atoms with Gasteiger partial charge >= 0.3 is 5.97 Å². The summed E-state index contributed by atoms with van der Waals surface area (Å²) >= 11 is 0. The molecule has 0 aromatic heterocycles. The van der Waals surface area contributed by atoms with E-state index in [0.29, 0.717) is 35.5 Å². The van der Waals surface area contributed by atoms with Gasteiger partial charge in [-0.1, -0.05) is 12.1 Å². The van der Waals surface area contributed by atoms with Crippen LogP contribution >= 0.6 is 0 Å². The molecule has 1 atom stereocenters. The number of methoxy groups -OCH3 is 1. The van der Waals surface area contributed by atoms with Crippen LogP contribution < -0.4 is 15.4 Å². The number of hydrogen-bond acceptors (Lipinski definition) is 5. The topological polar surface area (TPSA) is 93.7 Å². The molecule has 7 heteroatoms. The largest absolute Gasteiger partial charge is 0.495 e. The Bertz CT molecular complexity index is 894. The number of aryl methyl sites for hydroxylation is 1. The highest BCUT2D eigenvalue weighted by molar-refractivity contribution is 5.99. The molecular formula is C20H20N2O5. The van der Waals surface area contributed by atoms with Gasteiger partial charge in [-0.15, -0.1) is 0 Å². The molecule has 2 amide bonds. The van der Waals surface area contributed by atoms with Gasteiger partial charge in [-0.3, -0.25) is 9.59 Å². The van der Waals surface area contributed by atoms with Crippen molar-refractivity contribution in [3.8, 4) is 5.75 Å². The standard InChI is InChI=1S/C20H20N2O5/c1-12(19(24)22-16-5-3-4-6-17(16)26-2)27-20(25)14-7-9-15-13(11-14)8-10-18(23)21-15/h3-7,9,11-12H,8,10H2,1-2H3,(H,21,23)(H,22,24)/t12-/m0/s1. The Morgan fingerprint density at radius 1 is 1.15 bits per heavy atom. The van der Waals surface area contributed by atoms with Crippen LogP contribution in [0.15, 0.2) is 42.5 Å². The number of ether oxygens (including phenoxy) is 2. The number of carbonyl (C=O) groups is 3.